The van der Waals surface area contributed by atoms with E-state index in [1.807, 2.05) is 0 Å². The van der Waals surface area contributed by atoms with Gasteiger partial charge >= 0.3 is 12.1 Å². The van der Waals surface area contributed by atoms with E-state index < -0.39 is 39.2 Å². The lowest BCUT2D eigenvalue weighted by atomic mass is 10.2. The summed E-state index contributed by atoms with van der Waals surface area (Å²) in [6, 6.07) is 9.04. The first-order valence-corrected chi connectivity index (χ1v) is 9.30. The molecule has 1 atom stereocenters. The molecule has 9 heteroatoms. The molecule has 0 radical (unpaired) electrons. The van der Waals surface area contributed by atoms with Crippen molar-refractivity contribution in [1.82, 2.24) is 0 Å². The van der Waals surface area contributed by atoms with Crippen LogP contribution in [0.3, 0.4) is 0 Å². The Labute approximate surface area is 153 Å². The van der Waals surface area contributed by atoms with Crippen LogP contribution in [0.25, 0.3) is 0 Å². The Morgan fingerprint density at radius 3 is 2.12 bits per heavy atom. The number of hydrogen-bond donors (Lipinski definition) is 0. The van der Waals surface area contributed by atoms with Crippen LogP contribution in [0.5, 0.6) is 5.75 Å². The van der Waals surface area contributed by atoms with Gasteiger partial charge in [-0.15, -0.1) is 0 Å². The molecule has 0 spiro atoms. The number of halogens is 4. The second-order valence-corrected chi connectivity index (χ2v) is 8.31. The molecule has 0 aliphatic rings. The van der Waals surface area contributed by atoms with Crippen molar-refractivity contribution in [3.05, 3.63) is 59.1 Å². The minimum absolute atomic E-state index is 0.0109. The second kappa shape index (κ2) is 7.67. The summed E-state index contributed by atoms with van der Waals surface area (Å²) in [6.07, 6.45) is -4.95. The molecule has 0 saturated heterocycles. The fourth-order valence-corrected chi connectivity index (χ4v) is 3.55. The number of hydrogen-bond acceptors (Lipinski definition) is 4. The predicted octanol–water partition coefficient (Wildman–Crippen LogP) is 4.52. The summed E-state index contributed by atoms with van der Waals surface area (Å²) in [5.41, 5.74) is -0.879. The highest BCUT2D eigenvalue weighted by atomic mass is 35.5. The van der Waals surface area contributed by atoms with E-state index >= 15 is 0 Å². The number of carbonyl (C=O) groups is 1. The molecule has 4 nitrogen and oxygen atoms in total. The lowest BCUT2D eigenvalue weighted by Crippen LogP contribution is -2.24. The summed E-state index contributed by atoms with van der Waals surface area (Å²) in [5.74, 6) is -0.964. The standard InChI is InChI=1S/C17H14ClF3O4S/c1-11(26(23,24)15-8-4-13(18)5-9-15)10-16(22)25-14-6-2-12(3-7-14)17(19,20)21/h2-9,11H,10H2,1H3/t11-/m1/s1. The van der Waals surface area contributed by atoms with E-state index in [1.165, 1.54) is 31.2 Å². The van der Waals surface area contributed by atoms with Gasteiger partial charge < -0.3 is 4.74 Å². The quantitative estimate of drug-likeness (QED) is 0.541. The molecule has 2 aromatic rings. The number of alkyl halides is 3. The summed E-state index contributed by atoms with van der Waals surface area (Å²) >= 11 is 5.72. The second-order valence-electron chi connectivity index (χ2n) is 5.51. The zero-order valence-corrected chi connectivity index (χ0v) is 15.0. The molecular formula is C17H14ClF3O4S. The van der Waals surface area contributed by atoms with Crippen LogP contribution in [-0.2, 0) is 20.8 Å². The third-order valence-electron chi connectivity index (χ3n) is 3.54. The molecule has 0 N–H and O–H groups in total. The molecule has 0 aromatic heterocycles. The SMILES string of the molecule is C[C@H](CC(=O)Oc1ccc(C(F)(F)F)cc1)S(=O)(=O)c1ccc(Cl)cc1. The largest absolute Gasteiger partial charge is 0.426 e. The summed E-state index contributed by atoms with van der Waals surface area (Å²) in [7, 11) is -3.78. The first kappa shape index (κ1) is 20.3. The minimum atomic E-state index is -4.50. The number of benzene rings is 2. The number of carbonyl (C=O) groups excluding carboxylic acids is 1. The molecule has 0 fully saturated rings. The van der Waals surface area contributed by atoms with Gasteiger partial charge in [-0.05, 0) is 55.5 Å². The Kier molecular flexibility index (Phi) is 5.98. The maximum Gasteiger partial charge on any atom is 0.416 e. The van der Waals surface area contributed by atoms with Crippen LogP contribution < -0.4 is 4.74 Å². The van der Waals surface area contributed by atoms with Crippen molar-refractivity contribution in [3.63, 3.8) is 0 Å². The van der Waals surface area contributed by atoms with Gasteiger partial charge in [0, 0.05) is 5.02 Å². The molecule has 0 bridgehead atoms. The Balaban J connectivity index is 2.03. The van der Waals surface area contributed by atoms with Gasteiger partial charge in [-0.2, -0.15) is 13.2 Å². The van der Waals surface area contributed by atoms with E-state index in [1.54, 1.807) is 0 Å². The molecular weight excluding hydrogens is 393 g/mol. The summed E-state index contributed by atoms with van der Waals surface area (Å²) in [5, 5.41) is -0.705. The summed E-state index contributed by atoms with van der Waals surface area (Å²) in [6.45, 7) is 1.35. The van der Waals surface area contributed by atoms with Gasteiger partial charge in [-0.25, -0.2) is 8.42 Å². The van der Waals surface area contributed by atoms with Crippen molar-refractivity contribution in [2.45, 2.75) is 29.7 Å². The minimum Gasteiger partial charge on any atom is -0.426 e. The van der Waals surface area contributed by atoms with E-state index in [2.05, 4.69) is 0 Å². The topological polar surface area (TPSA) is 60.4 Å². The highest BCUT2D eigenvalue weighted by molar-refractivity contribution is 7.92. The van der Waals surface area contributed by atoms with Crippen LogP contribution >= 0.6 is 11.6 Å². The normalized spacial score (nSPS) is 13.3. The summed E-state index contributed by atoms with van der Waals surface area (Å²) < 4.78 is 67.2. The van der Waals surface area contributed by atoms with E-state index in [9.17, 15) is 26.4 Å². The molecule has 0 aliphatic carbocycles. The first-order valence-electron chi connectivity index (χ1n) is 7.37. The zero-order valence-electron chi connectivity index (χ0n) is 13.5. The Morgan fingerprint density at radius 1 is 1.08 bits per heavy atom. The molecule has 140 valence electrons. The van der Waals surface area contributed by atoms with Crippen molar-refractivity contribution in [2.24, 2.45) is 0 Å². The molecule has 0 amide bonds. The lowest BCUT2D eigenvalue weighted by Gasteiger charge is -2.13. The van der Waals surface area contributed by atoms with Gasteiger partial charge in [0.05, 0.1) is 22.1 Å². The van der Waals surface area contributed by atoms with Crippen LogP contribution in [0.15, 0.2) is 53.4 Å². The van der Waals surface area contributed by atoms with E-state index in [4.69, 9.17) is 16.3 Å². The van der Waals surface area contributed by atoms with Gasteiger partial charge in [-0.1, -0.05) is 11.6 Å². The van der Waals surface area contributed by atoms with Gasteiger partial charge in [0.1, 0.15) is 5.75 Å². The number of esters is 1. The van der Waals surface area contributed by atoms with Crippen LogP contribution in [0.1, 0.15) is 18.9 Å². The van der Waals surface area contributed by atoms with Gasteiger partial charge in [-0.3, -0.25) is 4.79 Å². The van der Waals surface area contributed by atoms with Crippen molar-refractivity contribution in [1.29, 1.82) is 0 Å². The van der Waals surface area contributed by atoms with Crippen LogP contribution in [0.4, 0.5) is 13.2 Å². The maximum absolute atomic E-state index is 12.5. The lowest BCUT2D eigenvalue weighted by molar-refractivity contribution is -0.137. The molecule has 0 saturated carbocycles. The first-order chi connectivity index (χ1) is 12.0. The average Bonchev–Trinajstić information content (AvgIpc) is 2.54. The summed E-state index contributed by atoms with van der Waals surface area (Å²) in [4.78, 5) is 11.9. The monoisotopic (exact) mass is 406 g/mol. The number of sulfone groups is 1. The number of ether oxygens (including phenoxy) is 1. The Bertz CT molecular complexity index is 876. The van der Waals surface area contributed by atoms with Crippen molar-refractivity contribution >= 4 is 27.4 Å². The molecule has 2 rings (SSSR count). The van der Waals surface area contributed by atoms with Gasteiger partial charge in [0.15, 0.2) is 9.84 Å². The molecule has 0 unspecified atom stereocenters. The van der Waals surface area contributed by atoms with Crippen LogP contribution in [0, 0.1) is 0 Å². The smallest absolute Gasteiger partial charge is 0.416 e. The van der Waals surface area contributed by atoms with Crippen molar-refractivity contribution in [2.75, 3.05) is 0 Å². The fourth-order valence-electron chi connectivity index (χ4n) is 2.09. The molecule has 0 aliphatic heterocycles. The van der Waals surface area contributed by atoms with Crippen molar-refractivity contribution in [3.8, 4) is 5.75 Å². The molecule has 2 aromatic carbocycles. The highest BCUT2D eigenvalue weighted by Gasteiger charge is 2.30. The number of rotatable bonds is 5. The molecule has 0 heterocycles. The van der Waals surface area contributed by atoms with E-state index in [0.717, 1.165) is 24.3 Å². The van der Waals surface area contributed by atoms with E-state index in [0.29, 0.717) is 5.02 Å². The third-order valence-corrected chi connectivity index (χ3v) is 5.95. The van der Waals surface area contributed by atoms with Gasteiger partial charge in [0.25, 0.3) is 0 Å². The highest BCUT2D eigenvalue weighted by Crippen LogP contribution is 2.30. The Morgan fingerprint density at radius 2 is 1.62 bits per heavy atom. The van der Waals surface area contributed by atoms with Crippen LogP contribution in [-0.4, -0.2) is 19.6 Å². The fraction of sp³-hybridized carbons (Fsp3) is 0.235. The zero-order chi connectivity index (χ0) is 19.5. The van der Waals surface area contributed by atoms with Crippen molar-refractivity contribution < 1.29 is 31.1 Å². The Hall–Kier alpha value is -2.06. The van der Waals surface area contributed by atoms with Crippen LogP contribution in [0.2, 0.25) is 5.02 Å². The van der Waals surface area contributed by atoms with Gasteiger partial charge in [0.2, 0.25) is 0 Å². The average molecular weight is 407 g/mol. The van der Waals surface area contributed by atoms with E-state index in [-0.39, 0.29) is 10.6 Å². The predicted molar refractivity (Wildman–Crippen MR) is 89.8 cm³/mol. The third kappa shape index (κ3) is 4.98. The molecule has 26 heavy (non-hydrogen) atoms. The maximum atomic E-state index is 12.5.